The van der Waals surface area contributed by atoms with Crippen LogP contribution in [0.25, 0.3) is 22.2 Å². The van der Waals surface area contributed by atoms with E-state index in [0.717, 1.165) is 12.1 Å². The molecule has 0 fully saturated rings. The van der Waals surface area contributed by atoms with Crippen molar-refractivity contribution >= 4 is 28.3 Å². The Morgan fingerprint density at radius 2 is 1.85 bits per heavy atom. The predicted octanol–water partition coefficient (Wildman–Crippen LogP) is 4.42. The van der Waals surface area contributed by atoms with Crippen LogP contribution in [0.5, 0.6) is 0 Å². The van der Waals surface area contributed by atoms with E-state index >= 15 is 0 Å². The van der Waals surface area contributed by atoms with Crippen LogP contribution in [0.15, 0.2) is 59.7 Å². The van der Waals surface area contributed by atoms with Crippen molar-refractivity contribution in [3.8, 4) is 11.3 Å². The minimum Gasteiger partial charge on any atom is -0.356 e. The maximum absolute atomic E-state index is 14.4. The Morgan fingerprint density at radius 1 is 1.12 bits per heavy atom. The molecule has 0 saturated carbocycles. The van der Waals surface area contributed by atoms with E-state index in [1.54, 1.807) is 38.2 Å². The van der Waals surface area contributed by atoms with Crippen LogP contribution in [0.4, 0.5) is 20.3 Å². The predicted molar refractivity (Wildman–Crippen MR) is 127 cm³/mol. The number of hydrogen-bond acceptors (Lipinski definition) is 5. The van der Waals surface area contributed by atoms with Crippen molar-refractivity contribution in [2.45, 2.75) is 26.2 Å². The maximum Gasteiger partial charge on any atom is 0.259 e. The number of carbonyl (C=O) groups excluding carboxylic acids is 1. The minimum atomic E-state index is -0.794. The Hall–Kier alpha value is -4.14. The molecule has 7 nitrogen and oxygen atoms in total. The van der Waals surface area contributed by atoms with Crippen LogP contribution < -0.4 is 16.2 Å². The zero-order valence-corrected chi connectivity index (χ0v) is 18.9. The van der Waals surface area contributed by atoms with Crippen molar-refractivity contribution in [1.29, 1.82) is 0 Å². The number of likely N-dealkylation sites (N-methyl/N-ethyl adjacent to an activating group) is 1. The molecule has 0 aliphatic rings. The summed E-state index contributed by atoms with van der Waals surface area (Å²) in [6.07, 6.45) is 2.99. The summed E-state index contributed by atoms with van der Waals surface area (Å²) in [5.74, 6) is -1.28. The third-order valence-electron chi connectivity index (χ3n) is 5.60. The normalized spacial score (nSPS) is 11.4. The lowest BCUT2D eigenvalue weighted by Gasteiger charge is -2.23. The molecule has 0 atom stereocenters. The molecule has 0 aliphatic heterocycles. The van der Waals surface area contributed by atoms with Crippen LogP contribution in [-0.2, 0) is 10.2 Å². The number of hydrogen-bond donors (Lipinski definition) is 3. The lowest BCUT2D eigenvalue weighted by atomic mass is 9.84. The maximum atomic E-state index is 14.4. The number of halogens is 2. The first-order valence-corrected chi connectivity index (χ1v) is 10.7. The third kappa shape index (κ3) is 4.24. The van der Waals surface area contributed by atoms with Gasteiger partial charge in [0, 0.05) is 18.9 Å². The number of nitrogens with one attached hydrogen (secondary N) is 3. The molecule has 4 rings (SSSR count). The van der Waals surface area contributed by atoms with E-state index < -0.39 is 22.6 Å². The van der Waals surface area contributed by atoms with E-state index in [4.69, 9.17) is 0 Å². The van der Waals surface area contributed by atoms with E-state index in [1.165, 1.54) is 18.3 Å². The lowest BCUT2D eigenvalue weighted by molar-refractivity contribution is -0.125. The van der Waals surface area contributed by atoms with Crippen molar-refractivity contribution in [2.24, 2.45) is 0 Å². The fraction of sp³-hybridized carbons (Fsp3) is 0.200. The van der Waals surface area contributed by atoms with Gasteiger partial charge in [0.2, 0.25) is 5.91 Å². The summed E-state index contributed by atoms with van der Waals surface area (Å²) in [7, 11) is 0. The number of H-pyrrole nitrogens is 1. The highest BCUT2D eigenvalue weighted by Crippen LogP contribution is 2.31. The number of carbonyl (C=O) groups is 1. The van der Waals surface area contributed by atoms with E-state index in [-0.39, 0.29) is 33.8 Å². The number of aromatic amines is 1. The van der Waals surface area contributed by atoms with Crippen molar-refractivity contribution in [1.82, 2.24) is 20.3 Å². The van der Waals surface area contributed by atoms with E-state index in [2.05, 4.69) is 25.6 Å². The van der Waals surface area contributed by atoms with Gasteiger partial charge < -0.3 is 15.6 Å². The smallest absolute Gasteiger partial charge is 0.259 e. The summed E-state index contributed by atoms with van der Waals surface area (Å²) in [4.78, 5) is 36.2. The average molecular weight is 463 g/mol. The molecule has 0 saturated heterocycles. The average Bonchev–Trinajstić information content (AvgIpc) is 2.79. The minimum absolute atomic E-state index is 0.0326. The molecule has 9 heteroatoms. The van der Waals surface area contributed by atoms with Gasteiger partial charge in [-0.2, -0.15) is 0 Å². The fourth-order valence-corrected chi connectivity index (χ4v) is 3.65. The molecule has 174 valence electrons. The van der Waals surface area contributed by atoms with Gasteiger partial charge in [-0.05, 0) is 56.7 Å². The standard InChI is InChI=1S/C25H23F2N5O2/c1-4-28-24(34)25(2,3)14-8-9-20(30-13-14)32-19-12-18(21-15(26)6-5-7-16(21)27)31-17-10-11-29-23(33)22(17)19/h5-13H,4H2,1-3H3,(H,28,34)(H,29,33)(H,30,31,32). The molecule has 1 aromatic carbocycles. The zero-order chi connectivity index (χ0) is 24.5. The van der Waals surface area contributed by atoms with Crippen LogP contribution in [0.2, 0.25) is 0 Å². The number of aromatic nitrogens is 3. The molecular formula is C25H23F2N5O2. The molecule has 3 N–H and O–H groups in total. The SMILES string of the molecule is CCNC(=O)C(C)(C)c1ccc(Nc2cc(-c3c(F)cccc3F)nc3cc[nH]c(=O)c23)nc1. The van der Waals surface area contributed by atoms with Crippen molar-refractivity contribution in [3.05, 3.63) is 82.4 Å². The van der Waals surface area contributed by atoms with E-state index in [1.807, 2.05) is 6.92 Å². The highest BCUT2D eigenvalue weighted by molar-refractivity contribution is 5.94. The summed E-state index contributed by atoms with van der Waals surface area (Å²) in [5, 5.41) is 6.08. The number of amides is 1. The van der Waals surface area contributed by atoms with Crippen LogP contribution in [-0.4, -0.2) is 27.4 Å². The number of rotatable bonds is 6. The Kier molecular flexibility index (Phi) is 6.10. The fourth-order valence-electron chi connectivity index (χ4n) is 3.65. The Labute approximate surface area is 194 Å². The summed E-state index contributed by atoms with van der Waals surface area (Å²) >= 11 is 0. The third-order valence-corrected chi connectivity index (χ3v) is 5.60. The molecule has 34 heavy (non-hydrogen) atoms. The molecule has 0 bridgehead atoms. The molecule has 3 heterocycles. The molecule has 1 amide bonds. The highest BCUT2D eigenvalue weighted by atomic mass is 19.1. The molecule has 0 spiro atoms. The van der Waals surface area contributed by atoms with Gasteiger partial charge in [-0.3, -0.25) is 9.59 Å². The van der Waals surface area contributed by atoms with E-state index in [9.17, 15) is 18.4 Å². The molecule has 3 aromatic heterocycles. The number of nitrogens with zero attached hydrogens (tertiary/aromatic N) is 2. The zero-order valence-electron chi connectivity index (χ0n) is 18.9. The van der Waals surface area contributed by atoms with Crippen LogP contribution in [0.1, 0.15) is 26.3 Å². The second-order valence-electron chi connectivity index (χ2n) is 8.26. The van der Waals surface area contributed by atoms with Gasteiger partial charge >= 0.3 is 0 Å². The summed E-state index contributed by atoms with van der Waals surface area (Å²) in [6, 6.07) is 9.95. The summed E-state index contributed by atoms with van der Waals surface area (Å²) < 4.78 is 28.9. The largest absolute Gasteiger partial charge is 0.356 e. The Balaban J connectivity index is 1.77. The number of benzene rings is 1. The van der Waals surface area contributed by atoms with Crippen LogP contribution in [0, 0.1) is 11.6 Å². The second kappa shape index (κ2) is 9.01. The quantitative estimate of drug-likeness (QED) is 0.393. The van der Waals surface area contributed by atoms with Crippen molar-refractivity contribution in [3.63, 3.8) is 0 Å². The van der Waals surface area contributed by atoms with Crippen molar-refractivity contribution < 1.29 is 13.6 Å². The van der Waals surface area contributed by atoms with E-state index in [0.29, 0.717) is 17.9 Å². The summed E-state index contributed by atoms with van der Waals surface area (Å²) in [5.41, 5.74) is -0.215. The molecule has 0 radical (unpaired) electrons. The second-order valence-corrected chi connectivity index (χ2v) is 8.26. The number of pyridine rings is 3. The van der Waals surface area contributed by atoms with Gasteiger partial charge in [-0.15, -0.1) is 0 Å². The topological polar surface area (TPSA) is 99.8 Å². The van der Waals surface area contributed by atoms with Gasteiger partial charge in [0.1, 0.15) is 17.5 Å². The first kappa shape index (κ1) is 23.0. The molecule has 0 unspecified atom stereocenters. The number of anilines is 2. The van der Waals surface area contributed by atoms with Crippen LogP contribution >= 0.6 is 0 Å². The van der Waals surface area contributed by atoms with Gasteiger partial charge in [0.15, 0.2) is 0 Å². The van der Waals surface area contributed by atoms with Gasteiger partial charge in [0.05, 0.1) is 33.3 Å². The van der Waals surface area contributed by atoms with Crippen molar-refractivity contribution in [2.75, 3.05) is 11.9 Å². The summed E-state index contributed by atoms with van der Waals surface area (Å²) in [6.45, 7) is 5.96. The Bertz CT molecular complexity index is 1410. The van der Waals surface area contributed by atoms with Gasteiger partial charge in [-0.1, -0.05) is 12.1 Å². The lowest BCUT2D eigenvalue weighted by Crippen LogP contribution is -2.39. The van der Waals surface area contributed by atoms with Crippen LogP contribution in [0.3, 0.4) is 0 Å². The molecular weight excluding hydrogens is 440 g/mol. The highest BCUT2D eigenvalue weighted by Gasteiger charge is 2.29. The van der Waals surface area contributed by atoms with Gasteiger partial charge in [-0.25, -0.2) is 18.7 Å². The first-order chi connectivity index (χ1) is 16.2. The number of fused-ring (bicyclic) bond motifs is 1. The molecule has 0 aliphatic carbocycles. The molecule has 4 aromatic rings. The first-order valence-electron chi connectivity index (χ1n) is 10.7. The Morgan fingerprint density at radius 3 is 2.50 bits per heavy atom. The van der Waals surface area contributed by atoms with Gasteiger partial charge in [0.25, 0.3) is 5.56 Å². The monoisotopic (exact) mass is 463 g/mol.